The van der Waals surface area contributed by atoms with Crippen LogP contribution >= 0.6 is 0 Å². The molecule has 0 radical (unpaired) electrons. The van der Waals surface area contributed by atoms with Crippen LogP contribution in [0.25, 0.3) is 43.6 Å². The number of para-hydroxylation sites is 3. The molecular weight excluding hydrogens is 554 g/mol. The summed E-state index contributed by atoms with van der Waals surface area (Å²) in [4.78, 5) is 29.0. The second-order valence-electron chi connectivity index (χ2n) is 12.2. The maximum atomic E-state index is 13.7. The highest BCUT2D eigenvalue weighted by Gasteiger charge is 2.55. The van der Waals surface area contributed by atoms with E-state index in [0.29, 0.717) is 13.0 Å². The number of aromatic nitrogens is 2. The molecule has 3 aliphatic heterocycles. The van der Waals surface area contributed by atoms with Crippen LogP contribution in [-0.2, 0) is 21.7 Å². The van der Waals surface area contributed by atoms with E-state index >= 15 is 0 Å². The Morgan fingerprint density at radius 2 is 1.66 bits per heavy atom. The molecule has 2 aromatic heterocycles. The number of benzene rings is 4. The Bertz CT molecular complexity index is 2200. The van der Waals surface area contributed by atoms with Crippen LogP contribution in [-0.4, -0.2) is 52.3 Å². The monoisotopic (exact) mass is 585 g/mol. The number of urea groups is 1. The number of amides is 3. The van der Waals surface area contributed by atoms with Crippen molar-refractivity contribution in [2.24, 2.45) is 0 Å². The average molecular weight is 586 g/mol. The number of anilines is 1. The Morgan fingerprint density at radius 3 is 2.41 bits per heavy atom. The lowest BCUT2D eigenvalue weighted by molar-refractivity contribution is -0.264. The van der Waals surface area contributed by atoms with Crippen LogP contribution in [0.1, 0.15) is 35.5 Å². The van der Waals surface area contributed by atoms with Gasteiger partial charge in [0.15, 0.2) is 5.72 Å². The first-order valence-electron chi connectivity index (χ1n) is 15.0. The minimum atomic E-state index is -0.998. The minimum absolute atomic E-state index is 0.0501. The van der Waals surface area contributed by atoms with E-state index in [2.05, 4.69) is 51.0 Å². The molecule has 9 heteroatoms. The maximum absolute atomic E-state index is 13.7. The van der Waals surface area contributed by atoms with E-state index in [1.807, 2.05) is 61.6 Å². The largest absolute Gasteiger partial charge is 0.374 e. The van der Waals surface area contributed by atoms with Crippen molar-refractivity contribution in [3.05, 3.63) is 90.0 Å². The second kappa shape index (κ2) is 8.84. The minimum Gasteiger partial charge on any atom is -0.374 e. The fourth-order valence-electron chi connectivity index (χ4n) is 8.28. The number of ether oxygens (including phenoxy) is 2. The Kier molecular flexibility index (Phi) is 5.15. The van der Waals surface area contributed by atoms with Crippen LogP contribution < -0.4 is 10.6 Å². The summed E-state index contributed by atoms with van der Waals surface area (Å²) in [5.74, 6) is -0.0501. The molecule has 2 N–H and O–H groups in total. The van der Waals surface area contributed by atoms with Gasteiger partial charge in [0.25, 0.3) is 5.91 Å². The zero-order valence-electron chi connectivity index (χ0n) is 24.6. The number of carbonyl (C=O) groups is 2. The van der Waals surface area contributed by atoms with E-state index in [4.69, 9.17) is 9.47 Å². The topological polar surface area (TPSA) is 89.8 Å². The van der Waals surface area contributed by atoms with Crippen molar-refractivity contribution in [1.29, 1.82) is 0 Å². The predicted octanol–water partition coefficient (Wildman–Crippen LogP) is 6.30. The molecule has 0 aliphatic carbocycles. The number of nitrogens with zero attached hydrogens (tertiary/aromatic N) is 3. The van der Waals surface area contributed by atoms with Crippen LogP contribution in [0.2, 0.25) is 0 Å². The van der Waals surface area contributed by atoms with Crippen molar-refractivity contribution in [3.63, 3.8) is 0 Å². The third kappa shape index (κ3) is 3.10. The number of hydrogen-bond donors (Lipinski definition) is 2. The van der Waals surface area contributed by atoms with Crippen LogP contribution in [0.5, 0.6) is 0 Å². The third-order valence-electron chi connectivity index (χ3n) is 10.0. The van der Waals surface area contributed by atoms with Crippen molar-refractivity contribution in [2.45, 2.75) is 44.0 Å². The molecule has 0 saturated carbocycles. The van der Waals surface area contributed by atoms with Gasteiger partial charge in [0.2, 0.25) is 0 Å². The molecule has 9 nitrogen and oxygen atoms in total. The van der Waals surface area contributed by atoms with E-state index in [9.17, 15) is 9.59 Å². The first kappa shape index (κ1) is 25.6. The number of nitrogens with one attached hydrogen (secondary N) is 2. The van der Waals surface area contributed by atoms with Gasteiger partial charge < -0.3 is 34.1 Å². The van der Waals surface area contributed by atoms with Crippen LogP contribution in [0, 0.1) is 0 Å². The van der Waals surface area contributed by atoms with E-state index in [0.717, 1.165) is 60.4 Å². The summed E-state index contributed by atoms with van der Waals surface area (Å²) in [6, 6.07) is 25.5. The standard InChI is InChI=1S/C35H31N5O4/c1-35-32(43-3)25(38(2)34(42)37-19-11-5-4-6-12-19)17-26(44-35)39-23-15-9-7-13-20(23)28-29-22(18-36-33(29)41)27-21-14-8-10-16-24(21)40(35)31(27)30(28)39/h4-16,25-26,32H,17-18H2,1-3H3,(H,36,41)(H,37,42)/t25?,26-,32?,35+/m0/s1. The molecule has 3 aliphatic rings. The molecular formula is C35H31N5O4. The Balaban J connectivity index is 1.37. The molecule has 2 unspecified atom stereocenters. The van der Waals surface area contributed by atoms with Gasteiger partial charge in [0.1, 0.15) is 12.3 Å². The molecule has 4 aromatic carbocycles. The number of rotatable bonds is 3. The molecule has 6 aromatic rings. The summed E-state index contributed by atoms with van der Waals surface area (Å²) in [6.07, 6.45) is -0.452. The molecule has 4 atom stereocenters. The molecule has 3 amide bonds. The molecule has 44 heavy (non-hydrogen) atoms. The van der Waals surface area contributed by atoms with Crippen LogP contribution in [0.3, 0.4) is 0 Å². The third-order valence-corrected chi connectivity index (χ3v) is 10.0. The second-order valence-corrected chi connectivity index (χ2v) is 12.2. The highest BCUT2D eigenvalue weighted by molar-refractivity contribution is 6.31. The summed E-state index contributed by atoms with van der Waals surface area (Å²) in [6.45, 7) is 2.54. The lowest BCUT2D eigenvalue weighted by atomic mass is 9.92. The van der Waals surface area contributed by atoms with Gasteiger partial charge >= 0.3 is 6.03 Å². The van der Waals surface area contributed by atoms with Crippen molar-refractivity contribution in [1.82, 2.24) is 19.4 Å². The molecule has 1 fully saturated rings. The summed E-state index contributed by atoms with van der Waals surface area (Å²) in [5, 5.41) is 10.3. The summed E-state index contributed by atoms with van der Waals surface area (Å²) in [5.41, 5.74) is 5.48. The van der Waals surface area contributed by atoms with Crippen LogP contribution in [0.15, 0.2) is 78.9 Å². The van der Waals surface area contributed by atoms with Gasteiger partial charge in [-0.05, 0) is 36.8 Å². The van der Waals surface area contributed by atoms with Gasteiger partial charge in [-0.25, -0.2) is 4.79 Å². The van der Waals surface area contributed by atoms with Gasteiger partial charge in [0, 0.05) is 54.4 Å². The van der Waals surface area contributed by atoms with E-state index in [1.165, 1.54) is 0 Å². The van der Waals surface area contributed by atoms with Crippen molar-refractivity contribution in [3.8, 4) is 0 Å². The Morgan fingerprint density at radius 1 is 0.977 bits per heavy atom. The maximum Gasteiger partial charge on any atom is 0.321 e. The van der Waals surface area contributed by atoms with Gasteiger partial charge in [0.05, 0.1) is 33.7 Å². The summed E-state index contributed by atoms with van der Waals surface area (Å²) in [7, 11) is 3.52. The zero-order valence-corrected chi connectivity index (χ0v) is 24.6. The molecule has 220 valence electrons. The van der Waals surface area contributed by atoms with Crippen molar-refractivity contribution < 1.29 is 19.1 Å². The van der Waals surface area contributed by atoms with Crippen LogP contribution in [0.4, 0.5) is 10.5 Å². The SMILES string of the molecule is COC1C(N(C)C(=O)Nc2ccccc2)C[C@@H]2O[C@@]1(C)n1c3ccccc3c3c4c(c5c6ccccc6n2c5c31)C(=O)NC4. The molecule has 9 rings (SSSR count). The van der Waals surface area contributed by atoms with E-state index < -0.39 is 18.1 Å². The normalized spacial score (nSPS) is 23.8. The number of hydrogen-bond acceptors (Lipinski definition) is 4. The van der Waals surface area contributed by atoms with Gasteiger partial charge in [-0.15, -0.1) is 0 Å². The summed E-state index contributed by atoms with van der Waals surface area (Å²) >= 11 is 0. The molecule has 5 heterocycles. The first-order valence-corrected chi connectivity index (χ1v) is 15.0. The average Bonchev–Trinajstić information content (AvgIpc) is 3.68. The number of likely N-dealkylation sites (N-methyl/N-ethyl adjacent to an activating group) is 1. The number of methoxy groups -OCH3 is 1. The lowest BCUT2D eigenvalue weighted by Gasteiger charge is -2.50. The molecule has 0 spiro atoms. The van der Waals surface area contributed by atoms with Gasteiger partial charge in [-0.3, -0.25) is 4.79 Å². The quantitative estimate of drug-likeness (QED) is 0.255. The summed E-state index contributed by atoms with van der Waals surface area (Å²) < 4.78 is 18.1. The lowest BCUT2D eigenvalue weighted by Crippen LogP contribution is -2.61. The molecule has 1 saturated heterocycles. The zero-order chi connectivity index (χ0) is 29.9. The fourth-order valence-corrected chi connectivity index (χ4v) is 8.28. The highest BCUT2D eigenvalue weighted by atomic mass is 16.6. The predicted molar refractivity (Wildman–Crippen MR) is 170 cm³/mol. The molecule has 2 bridgehead atoms. The van der Waals surface area contributed by atoms with Gasteiger partial charge in [-0.1, -0.05) is 54.6 Å². The first-order chi connectivity index (χ1) is 21.4. The Labute approximate surface area is 252 Å². The van der Waals surface area contributed by atoms with Gasteiger partial charge in [-0.2, -0.15) is 0 Å². The van der Waals surface area contributed by atoms with E-state index in [-0.39, 0.29) is 18.0 Å². The Hall–Kier alpha value is -4.86. The fraction of sp³-hybridized carbons (Fsp3) is 0.257. The number of fused-ring (bicyclic) bond motifs is 13. The smallest absolute Gasteiger partial charge is 0.321 e. The number of carbonyl (C=O) groups excluding carboxylic acids is 2. The highest BCUT2D eigenvalue weighted by Crippen LogP contribution is 2.54. The van der Waals surface area contributed by atoms with Crippen molar-refractivity contribution >= 4 is 61.2 Å². The van der Waals surface area contributed by atoms with E-state index in [1.54, 1.807) is 12.0 Å². The van der Waals surface area contributed by atoms with Crippen molar-refractivity contribution in [2.75, 3.05) is 19.5 Å².